The van der Waals surface area contributed by atoms with Gasteiger partial charge < -0.3 is 9.42 Å². The van der Waals surface area contributed by atoms with Crippen LogP contribution in [-0.4, -0.2) is 57.1 Å². The maximum Gasteiger partial charge on any atom is 0.257 e. The first kappa shape index (κ1) is 25.0. The van der Waals surface area contributed by atoms with E-state index >= 15 is 0 Å². The molecule has 0 bridgehead atoms. The van der Waals surface area contributed by atoms with Crippen molar-refractivity contribution < 1.29 is 9.32 Å². The van der Waals surface area contributed by atoms with Crippen LogP contribution in [0.1, 0.15) is 42.7 Å². The number of thiazole rings is 1. The summed E-state index contributed by atoms with van der Waals surface area (Å²) in [4.78, 5) is 31.2. The van der Waals surface area contributed by atoms with Gasteiger partial charge in [-0.05, 0) is 29.7 Å². The lowest BCUT2D eigenvalue weighted by molar-refractivity contribution is 0.102. The molecule has 3 aromatic heterocycles. The highest BCUT2D eigenvalue weighted by molar-refractivity contribution is 7.14. The Labute approximate surface area is 220 Å². The molecule has 1 aliphatic rings. The van der Waals surface area contributed by atoms with Crippen molar-refractivity contribution in [2.45, 2.75) is 33.7 Å². The smallest absolute Gasteiger partial charge is 0.257 e. The minimum absolute atomic E-state index is 0.0477. The fourth-order valence-corrected chi connectivity index (χ4v) is 4.90. The number of nitrogens with one attached hydrogen (secondary N) is 1. The zero-order chi connectivity index (χ0) is 25.8. The summed E-state index contributed by atoms with van der Waals surface area (Å²) >= 11 is 1.44. The van der Waals surface area contributed by atoms with Crippen LogP contribution in [0.25, 0.3) is 11.4 Å². The van der Waals surface area contributed by atoms with Gasteiger partial charge in [0.25, 0.3) is 5.91 Å². The number of hydrogen-bond acceptors (Lipinski definition) is 9. The maximum atomic E-state index is 12.9. The fourth-order valence-electron chi connectivity index (χ4n) is 4.21. The van der Waals surface area contributed by atoms with Crippen molar-refractivity contribution >= 4 is 28.2 Å². The van der Waals surface area contributed by atoms with Crippen molar-refractivity contribution in [2.75, 3.05) is 36.4 Å². The molecule has 4 aromatic rings. The van der Waals surface area contributed by atoms with Gasteiger partial charge in [0.1, 0.15) is 5.82 Å². The molecule has 0 saturated carbocycles. The van der Waals surface area contributed by atoms with E-state index in [1.54, 1.807) is 12.1 Å². The number of carbonyl (C=O) groups is 1. The van der Waals surface area contributed by atoms with Crippen molar-refractivity contribution in [3.05, 3.63) is 71.2 Å². The number of rotatable bonds is 7. The minimum Gasteiger partial charge on any atom is -0.354 e. The first-order valence-electron chi connectivity index (χ1n) is 12.4. The monoisotopic (exact) mass is 517 g/mol. The number of benzene rings is 1. The zero-order valence-corrected chi connectivity index (χ0v) is 22.2. The molecule has 5 rings (SSSR count). The number of piperazine rings is 1. The van der Waals surface area contributed by atoms with Crippen LogP contribution >= 0.6 is 11.3 Å². The number of aromatic nitrogens is 4. The molecule has 4 heterocycles. The third-order valence-corrected chi connectivity index (χ3v) is 6.84. The molecule has 0 aliphatic carbocycles. The van der Waals surface area contributed by atoms with Gasteiger partial charge in [0.2, 0.25) is 11.7 Å². The highest BCUT2D eigenvalue weighted by atomic mass is 32.1. The van der Waals surface area contributed by atoms with Gasteiger partial charge in [-0.15, -0.1) is 11.3 Å². The van der Waals surface area contributed by atoms with Crippen molar-refractivity contribution in [1.82, 2.24) is 25.0 Å². The van der Waals surface area contributed by atoms with Gasteiger partial charge in [0.15, 0.2) is 5.13 Å². The number of amides is 1. The Balaban J connectivity index is 1.16. The molecule has 1 aromatic carbocycles. The molecule has 1 aliphatic heterocycles. The highest BCUT2D eigenvalue weighted by Gasteiger charge is 2.20. The average Bonchev–Trinajstić information content (AvgIpc) is 3.53. The van der Waals surface area contributed by atoms with Gasteiger partial charge in [0.05, 0.1) is 5.69 Å². The van der Waals surface area contributed by atoms with Gasteiger partial charge in [-0.1, -0.05) is 44.1 Å². The molecular formula is C27H31N7O2S. The second-order valence-electron chi connectivity index (χ2n) is 10.4. The van der Waals surface area contributed by atoms with Crippen LogP contribution in [-0.2, 0) is 13.0 Å². The number of carbonyl (C=O) groups excluding carboxylic acids is 1. The van der Waals surface area contributed by atoms with E-state index in [0.29, 0.717) is 28.8 Å². The van der Waals surface area contributed by atoms with Crippen LogP contribution in [0.2, 0.25) is 0 Å². The maximum absolute atomic E-state index is 12.9. The van der Waals surface area contributed by atoms with E-state index in [9.17, 15) is 4.79 Å². The van der Waals surface area contributed by atoms with Crippen molar-refractivity contribution in [2.24, 2.45) is 5.41 Å². The quantitative estimate of drug-likeness (QED) is 0.375. The normalized spacial score (nSPS) is 14.6. The Bertz CT molecular complexity index is 1340. The van der Waals surface area contributed by atoms with Crippen molar-refractivity contribution in [3.63, 3.8) is 0 Å². The predicted octanol–water partition coefficient (Wildman–Crippen LogP) is 4.75. The summed E-state index contributed by atoms with van der Waals surface area (Å²) in [6.07, 6.45) is 2.52. The molecule has 192 valence electrons. The molecule has 10 heteroatoms. The Morgan fingerprint density at radius 3 is 2.68 bits per heavy atom. The van der Waals surface area contributed by atoms with Crippen LogP contribution in [0.3, 0.4) is 0 Å². The first-order chi connectivity index (χ1) is 17.8. The van der Waals surface area contributed by atoms with E-state index < -0.39 is 0 Å². The molecule has 1 amide bonds. The van der Waals surface area contributed by atoms with Crippen molar-refractivity contribution in [3.8, 4) is 11.4 Å². The van der Waals surface area contributed by atoms with Crippen LogP contribution < -0.4 is 10.2 Å². The van der Waals surface area contributed by atoms with Gasteiger partial charge in [-0.2, -0.15) is 4.98 Å². The second kappa shape index (κ2) is 10.8. The SMILES string of the molecule is CC(C)(C)Cc1nc(-c2cccc(C(=O)Nc3nc(CN4CCN(c5ccccn5)CC4)cs3)c2)no1. The van der Waals surface area contributed by atoms with Gasteiger partial charge in [-0.25, -0.2) is 9.97 Å². The standard InChI is InChI=1S/C27H31N7O2S/c1-27(2,3)16-23-30-24(32-36-23)19-7-6-8-20(15-19)25(35)31-26-29-21(18-37-26)17-33-11-13-34(14-12-33)22-9-4-5-10-28-22/h4-10,15,18H,11-14,16-17H2,1-3H3,(H,29,31,35). The Morgan fingerprint density at radius 1 is 1.08 bits per heavy atom. The summed E-state index contributed by atoms with van der Waals surface area (Å²) < 4.78 is 5.40. The van der Waals surface area contributed by atoms with Gasteiger partial charge >= 0.3 is 0 Å². The molecule has 1 saturated heterocycles. The fraction of sp³-hybridized carbons (Fsp3) is 0.370. The summed E-state index contributed by atoms with van der Waals surface area (Å²) in [5, 5.41) is 9.62. The number of anilines is 2. The van der Waals surface area contributed by atoms with Crippen LogP contribution in [0.4, 0.5) is 10.9 Å². The van der Waals surface area contributed by atoms with E-state index in [4.69, 9.17) is 4.52 Å². The lowest BCUT2D eigenvalue weighted by Gasteiger charge is -2.35. The molecule has 9 nitrogen and oxygen atoms in total. The highest BCUT2D eigenvalue weighted by Crippen LogP contribution is 2.24. The topological polar surface area (TPSA) is 100 Å². The molecule has 37 heavy (non-hydrogen) atoms. The van der Waals surface area contributed by atoms with E-state index in [1.807, 2.05) is 41.9 Å². The Kier molecular flexibility index (Phi) is 7.29. The van der Waals surface area contributed by atoms with E-state index in [0.717, 1.165) is 49.8 Å². The lowest BCUT2D eigenvalue weighted by atomic mass is 9.92. The molecule has 0 atom stereocenters. The zero-order valence-electron chi connectivity index (χ0n) is 21.3. The lowest BCUT2D eigenvalue weighted by Crippen LogP contribution is -2.46. The number of nitrogens with zero attached hydrogens (tertiary/aromatic N) is 6. The second-order valence-corrected chi connectivity index (χ2v) is 11.2. The van der Waals surface area contributed by atoms with Crippen LogP contribution in [0, 0.1) is 5.41 Å². The summed E-state index contributed by atoms with van der Waals surface area (Å²) in [5.41, 5.74) is 2.26. The van der Waals surface area contributed by atoms with Crippen LogP contribution in [0.5, 0.6) is 0 Å². The Hall–Kier alpha value is -3.63. The predicted molar refractivity (Wildman–Crippen MR) is 145 cm³/mol. The molecule has 1 N–H and O–H groups in total. The number of pyridine rings is 1. The summed E-state index contributed by atoms with van der Waals surface area (Å²) in [7, 11) is 0. The molecule has 0 spiro atoms. The Morgan fingerprint density at radius 2 is 1.92 bits per heavy atom. The first-order valence-corrected chi connectivity index (χ1v) is 13.3. The average molecular weight is 518 g/mol. The van der Waals surface area contributed by atoms with E-state index in [-0.39, 0.29) is 11.3 Å². The summed E-state index contributed by atoms with van der Waals surface area (Å²) in [6.45, 7) is 10.9. The molecule has 0 unspecified atom stereocenters. The molecule has 0 radical (unpaired) electrons. The van der Waals surface area contributed by atoms with Crippen LogP contribution in [0.15, 0.2) is 58.6 Å². The molecule has 1 fully saturated rings. The molecular weight excluding hydrogens is 486 g/mol. The minimum atomic E-state index is -0.217. The summed E-state index contributed by atoms with van der Waals surface area (Å²) in [5.74, 6) is 1.87. The van der Waals surface area contributed by atoms with Crippen molar-refractivity contribution in [1.29, 1.82) is 0 Å². The third kappa shape index (κ3) is 6.58. The van der Waals surface area contributed by atoms with Gasteiger partial charge in [0, 0.05) is 61.8 Å². The third-order valence-electron chi connectivity index (χ3n) is 6.04. The van der Waals surface area contributed by atoms with Gasteiger partial charge in [-0.3, -0.25) is 15.0 Å². The van der Waals surface area contributed by atoms with E-state index in [1.165, 1.54) is 11.3 Å². The van der Waals surface area contributed by atoms with E-state index in [2.05, 4.69) is 56.0 Å². The largest absolute Gasteiger partial charge is 0.354 e. The summed E-state index contributed by atoms with van der Waals surface area (Å²) in [6, 6.07) is 13.2. The number of hydrogen-bond donors (Lipinski definition) is 1.